The van der Waals surface area contributed by atoms with Crippen LogP contribution in [0.25, 0.3) is 0 Å². The molecule has 2 unspecified atom stereocenters. The van der Waals surface area contributed by atoms with E-state index in [1.807, 2.05) is 0 Å². The molecule has 0 aromatic heterocycles. The second-order valence-corrected chi connectivity index (χ2v) is 10.9. The molecule has 0 amide bonds. The van der Waals surface area contributed by atoms with Crippen LogP contribution < -0.4 is 0 Å². The van der Waals surface area contributed by atoms with Gasteiger partial charge in [0.15, 0.2) is 0 Å². The summed E-state index contributed by atoms with van der Waals surface area (Å²) in [5.41, 5.74) is 1.44. The van der Waals surface area contributed by atoms with E-state index >= 15 is 0 Å². The van der Waals surface area contributed by atoms with Crippen molar-refractivity contribution in [1.29, 1.82) is 0 Å². The van der Waals surface area contributed by atoms with Crippen LogP contribution >= 0.6 is 0 Å². The highest BCUT2D eigenvalue weighted by Gasteiger charge is 2.34. The topological polar surface area (TPSA) is 9.23 Å². The van der Waals surface area contributed by atoms with E-state index in [1.54, 1.807) is 0 Å². The molecule has 0 saturated carbocycles. The Morgan fingerprint density at radius 3 is 2.03 bits per heavy atom. The first-order chi connectivity index (χ1) is 17.7. The first kappa shape index (κ1) is 32.7. The second kappa shape index (κ2) is 22.8. The second-order valence-electron chi connectivity index (χ2n) is 10.9. The Labute approximate surface area is 226 Å². The summed E-state index contributed by atoms with van der Waals surface area (Å²) in [7, 11) is 0. The Hall–Kier alpha value is -1.34. The van der Waals surface area contributed by atoms with E-state index in [2.05, 4.69) is 82.4 Å². The molecule has 206 valence electrons. The first-order valence-electron chi connectivity index (χ1n) is 15.6. The molecule has 1 rings (SSSR count). The van der Waals surface area contributed by atoms with Gasteiger partial charge in [-0.1, -0.05) is 152 Å². The van der Waals surface area contributed by atoms with Crippen LogP contribution in [-0.2, 0) is 4.74 Å². The van der Waals surface area contributed by atoms with E-state index in [-0.39, 0.29) is 11.5 Å². The molecule has 0 heterocycles. The molecule has 2 atom stereocenters. The van der Waals surface area contributed by atoms with Gasteiger partial charge >= 0.3 is 0 Å². The average molecular weight is 497 g/mol. The maximum atomic E-state index is 6.49. The molecule has 0 aromatic carbocycles. The van der Waals surface area contributed by atoms with Crippen molar-refractivity contribution in [3.05, 3.63) is 60.3 Å². The fourth-order valence-corrected chi connectivity index (χ4v) is 5.15. The lowest BCUT2D eigenvalue weighted by molar-refractivity contribution is 0.0331. The zero-order valence-electron chi connectivity index (χ0n) is 24.6. The van der Waals surface area contributed by atoms with Gasteiger partial charge in [0, 0.05) is 5.41 Å². The largest absolute Gasteiger partial charge is 0.373 e. The van der Waals surface area contributed by atoms with Crippen LogP contribution in [0.1, 0.15) is 143 Å². The summed E-state index contributed by atoms with van der Waals surface area (Å²) in [6.45, 7) is 9.88. The van der Waals surface area contributed by atoms with E-state index in [0.717, 1.165) is 25.9 Å². The lowest BCUT2D eigenvalue weighted by Gasteiger charge is -2.36. The van der Waals surface area contributed by atoms with E-state index in [4.69, 9.17) is 4.74 Å². The van der Waals surface area contributed by atoms with Crippen molar-refractivity contribution in [2.45, 2.75) is 149 Å². The van der Waals surface area contributed by atoms with Crippen molar-refractivity contribution in [2.75, 3.05) is 6.61 Å². The Morgan fingerprint density at radius 2 is 1.36 bits per heavy atom. The molecule has 0 bridgehead atoms. The number of ether oxygens (including phenoxy) is 1. The molecular weight excluding hydrogens is 436 g/mol. The third-order valence-corrected chi connectivity index (χ3v) is 7.36. The molecule has 1 aliphatic rings. The summed E-state index contributed by atoms with van der Waals surface area (Å²) in [5, 5.41) is 0. The van der Waals surface area contributed by atoms with Crippen molar-refractivity contribution in [2.24, 2.45) is 5.41 Å². The molecule has 0 fully saturated rings. The van der Waals surface area contributed by atoms with Gasteiger partial charge in [0.05, 0.1) is 12.7 Å². The zero-order valence-corrected chi connectivity index (χ0v) is 24.6. The van der Waals surface area contributed by atoms with Gasteiger partial charge in [-0.15, -0.1) is 0 Å². The molecule has 1 nitrogen and oxygen atoms in total. The fraction of sp³-hybridized carbons (Fsp3) is 0.714. The molecule has 0 N–H and O–H groups in total. The summed E-state index contributed by atoms with van der Waals surface area (Å²) in [6, 6.07) is 0. The molecule has 0 saturated heterocycles. The van der Waals surface area contributed by atoms with E-state index < -0.39 is 0 Å². The highest BCUT2D eigenvalue weighted by atomic mass is 16.5. The van der Waals surface area contributed by atoms with E-state index in [0.29, 0.717) is 0 Å². The van der Waals surface area contributed by atoms with E-state index in [1.165, 1.54) is 102 Å². The summed E-state index contributed by atoms with van der Waals surface area (Å²) in [5.74, 6) is 0. The molecule has 0 aromatic rings. The Kier molecular flexibility index (Phi) is 20.7. The molecule has 0 aliphatic heterocycles. The summed E-state index contributed by atoms with van der Waals surface area (Å²) >= 11 is 0. The van der Waals surface area contributed by atoms with Gasteiger partial charge in [-0.3, -0.25) is 0 Å². The maximum absolute atomic E-state index is 6.49. The van der Waals surface area contributed by atoms with Crippen LogP contribution in [0.3, 0.4) is 0 Å². The summed E-state index contributed by atoms with van der Waals surface area (Å²) < 4.78 is 6.49. The predicted molar refractivity (Wildman–Crippen MR) is 163 cm³/mol. The normalized spacial score (nSPS) is 20.3. The standard InChI is InChI=1S/C35H60O/c1-5-8-11-14-16-17-19-21-24-29-35(32-33(4)27-22-20-18-15-12-9-6-2)30-25-23-28-34(35)36-31-26-13-10-7-3/h10,13,23-25,27-30,34H,5-9,11-12,14-22,26,31-32H2,1-4H3/b13-10-,29-24?,33-27?. The van der Waals surface area contributed by atoms with Gasteiger partial charge in [-0.25, -0.2) is 0 Å². The minimum absolute atomic E-state index is 0.0634. The number of unbranched alkanes of at least 4 members (excludes halogenated alkanes) is 13. The monoisotopic (exact) mass is 496 g/mol. The fourth-order valence-electron chi connectivity index (χ4n) is 5.15. The highest BCUT2D eigenvalue weighted by molar-refractivity contribution is 5.30. The molecule has 36 heavy (non-hydrogen) atoms. The van der Waals surface area contributed by atoms with E-state index in [9.17, 15) is 0 Å². The number of rotatable bonds is 23. The summed E-state index contributed by atoms with van der Waals surface area (Å²) in [6.07, 6.45) is 44.4. The van der Waals surface area contributed by atoms with Crippen molar-refractivity contribution >= 4 is 0 Å². The van der Waals surface area contributed by atoms with Gasteiger partial charge in [0.2, 0.25) is 0 Å². The van der Waals surface area contributed by atoms with Gasteiger partial charge in [-0.2, -0.15) is 0 Å². The zero-order chi connectivity index (χ0) is 26.2. The van der Waals surface area contributed by atoms with Crippen molar-refractivity contribution in [3.63, 3.8) is 0 Å². The summed E-state index contributed by atoms with van der Waals surface area (Å²) in [4.78, 5) is 0. The first-order valence-corrected chi connectivity index (χ1v) is 15.6. The maximum Gasteiger partial charge on any atom is 0.0887 e. The lowest BCUT2D eigenvalue weighted by Crippen LogP contribution is -2.34. The number of hydrogen-bond acceptors (Lipinski definition) is 1. The predicted octanol–water partition coefficient (Wildman–Crippen LogP) is 11.6. The van der Waals surface area contributed by atoms with Crippen LogP contribution in [0.4, 0.5) is 0 Å². The number of hydrogen-bond donors (Lipinski definition) is 0. The molecule has 0 spiro atoms. The third-order valence-electron chi connectivity index (χ3n) is 7.36. The molecular formula is C35H60O. The Bertz CT molecular complexity index is 650. The molecule has 0 radical (unpaired) electrons. The molecule has 1 heteroatoms. The van der Waals surface area contributed by atoms with Gasteiger partial charge in [0.25, 0.3) is 0 Å². The van der Waals surface area contributed by atoms with Crippen molar-refractivity contribution < 1.29 is 4.74 Å². The van der Waals surface area contributed by atoms with Crippen LogP contribution in [0.5, 0.6) is 0 Å². The van der Waals surface area contributed by atoms with Gasteiger partial charge in [0.1, 0.15) is 0 Å². The van der Waals surface area contributed by atoms with Gasteiger partial charge in [-0.05, 0) is 51.9 Å². The van der Waals surface area contributed by atoms with Crippen molar-refractivity contribution in [1.82, 2.24) is 0 Å². The molecule has 1 aliphatic carbocycles. The van der Waals surface area contributed by atoms with Crippen LogP contribution in [-0.4, -0.2) is 12.7 Å². The van der Waals surface area contributed by atoms with Gasteiger partial charge < -0.3 is 4.74 Å². The number of allylic oxidation sites excluding steroid dienone is 6. The quantitative estimate of drug-likeness (QED) is 0.101. The Morgan fingerprint density at radius 1 is 0.722 bits per heavy atom. The van der Waals surface area contributed by atoms with Crippen LogP contribution in [0.15, 0.2) is 60.3 Å². The minimum Gasteiger partial charge on any atom is -0.373 e. The van der Waals surface area contributed by atoms with Crippen LogP contribution in [0.2, 0.25) is 0 Å². The van der Waals surface area contributed by atoms with Crippen molar-refractivity contribution in [3.8, 4) is 0 Å². The SMILES string of the molecule is CC/C=C\CCOC1C=CC=CC1(C=CCCCCCCCCC)CC(C)=CCCCCCCCC. The third kappa shape index (κ3) is 15.7. The smallest absolute Gasteiger partial charge is 0.0887 e. The average Bonchev–Trinajstić information content (AvgIpc) is 2.88. The minimum atomic E-state index is -0.0634. The lowest BCUT2D eigenvalue weighted by atomic mass is 9.73. The highest BCUT2D eigenvalue weighted by Crippen LogP contribution is 2.39. The Balaban J connectivity index is 2.70. The van der Waals surface area contributed by atoms with Crippen LogP contribution in [0, 0.1) is 5.41 Å².